The van der Waals surface area contributed by atoms with E-state index in [0.29, 0.717) is 30.1 Å². The van der Waals surface area contributed by atoms with Gasteiger partial charge in [0.05, 0.1) is 12.7 Å². The molecule has 3 aromatic rings. The summed E-state index contributed by atoms with van der Waals surface area (Å²) < 4.78 is 6.51. The number of carbonyl (C=O) groups excluding carboxylic acids is 2. The van der Waals surface area contributed by atoms with Crippen molar-refractivity contribution < 1.29 is 14.3 Å². The SMILES string of the molecule is COc1cccc(-c2cc(C(=O)N3C[C@H]4CCC[C@@H](NC(=O)Cn5cc(C)c(=O)[nH]c5=O)[C@H]4C3)c[nH]2)c1. The molecule has 1 aromatic carbocycles. The quantitative estimate of drug-likeness (QED) is 0.471. The van der Waals surface area contributed by atoms with Gasteiger partial charge in [-0.25, -0.2) is 4.79 Å². The predicted molar refractivity (Wildman–Crippen MR) is 138 cm³/mol. The standard InChI is InChI=1S/C27H31N5O5/c1-16-12-32(27(36)30-25(16)34)15-24(33)29-22-8-4-6-18-13-31(14-21(18)22)26(35)19-10-23(28-11-19)17-5-3-7-20(9-17)37-2/h3,5,7,9-12,18,21-22,28H,4,6,8,13-15H2,1-2H3,(H,29,33)(H,30,34,36)/t18-,21+,22-/m1/s1. The summed E-state index contributed by atoms with van der Waals surface area (Å²) in [5.41, 5.74) is 1.69. The Labute approximate surface area is 213 Å². The lowest BCUT2D eigenvalue weighted by molar-refractivity contribution is -0.123. The number of methoxy groups -OCH3 is 1. The first-order chi connectivity index (χ1) is 17.8. The second-order valence-corrected chi connectivity index (χ2v) is 9.97. The normalized spacial score (nSPS) is 20.9. The number of fused-ring (bicyclic) bond motifs is 1. The molecule has 10 nitrogen and oxygen atoms in total. The number of nitrogens with one attached hydrogen (secondary N) is 3. The van der Waals surface area contributed by atoms with E-state index in [4.69, 9.17) is 4.74 Å². The number of nitrogens with zero attached hydrogens (tertiary/aromatic N) is 2. The van der Waals surface area contributed by atoms with Gasteiger partial charge in [0.25, 0.3) is 11.5 Å². The summed E-state index contributed by atoms with van der Waals surface area (Å²) in [4.78, 5) is 57.1. The largest absolute Gasteiger partial charge is 0.497 e. The molecule has 0 bridgehead atoms. The molecule has 0 unspecified atom stereocenters. The monoisotopic (exact) mass is 505 g/mol. The van der Waals surface area contributed by atoms with Gasteiger partial charge in [0.1, 0.15) is 12.3 Å². The molecule has 1 aliphatic heterocycles. The highest BCUT2D eigenvalue weighted by Gasteiger charge is 2.42. The van der Waals surface area contributed by atoms with Crippen molar-refractivity contribution in [2.45, 2.75) is 38.8 Å². The highest BCUT2D eigenvalue weighted by Crippen LogP contribution is 2.37. The van der Waals surface area contributed by atoms with Crippen molar-refractivity contribution in [1.29, 1.82) is 0 Å². The number of H-pyrrole nitrogens is 2. The zero-order chi connectivity index (χ0) is 26.1. The first-order valence-electron chi connectivity index (χ1n) is 12.5. The Kier molecular flexibility index (Phi) is 6.73. The van der Waals surface area contributed by atoms with Gasteiger partial charge < -0.3 is 19.9 Å². The molecular formula is C27H31N5O5. The summed E-state index contributed by atoms with van der Waals surface area (Å²) in [5, 5.41) is 3.09. The summed E-state index contributed by atoms with van der Waals surface area (Å²) in [6.07, 6.45) is 5.95. The topological polar surface area (TPSA) is 129 Å². The molecule has 3 atom stereocenters. The fourth-order valence-electron chi connectivity index (χ4n) is 5.62. The molecular weight excluding hydrogens is 474 g/mol. The van der Waals surface area contributed by atoms with Crippen molar-refractivity contribution in [1.82, 2.24) is 24.8 Å². The average molecular weight is 506 g/mol. The zero-order valence-electron chi connectivity index (χ0n) is 21.0. The molecule has 0 spiro atoms. The lowest BCUT2D eigenvalue weighted by atomic mass is 9.78. The van der Waals surface area contributed by atoms with Crippen LogP contribution in [-0.4, -0.2) is 57.5 Å². The van der Waals surface area contributed by atoms with E-state index in [1.807, 2.05) is 35.2 Å². The minimum atomic E-state index is -0.607. The lowest BCUT2D eigenvalue weighted by Crippen LogP contribution is -2.47. The Balaban J connectivity index is 1.24. The van der Waals surface area contributed by atoms with E-state index in [9.17, 15) is 19.2 Å². The fraction of sp³-hybridized carbons (Fsp3) is 0.407. The van der Waals surface area contributed by atoms with Crippen LogP contribution in [0.15, 0.2) is 52.3 Å². The van der Waals surface area contributed by atoms with Crippen LogP contribution in [0.25, 0.3) is 11.3 Å². The van der Waals surface area contributed by atoms with E-state index in [-0.39, 0.29) is 30.3 Å². The van der Waals surface area contributed by atoms with Crippen LogP contribution in [0.4, 0.5) is 0 Å². The number of ether oxygens (including phenoxy) is 1. The van der Waals surface area contributed by atoms with E-state index >= 15 is 0 Å². The van der Waals surface area contributed by atoms with E-state index < -0.39 is 11.2 Å². The van der Waals surface area contributed by atoms with Crippen molar-refractivity contribution >= 4 is 11.8 Å². The molecule has 2 aromatic heterocycles. The average Bonchev–Trinajstić information content (AvgIpc) is 3.55. The third-order valence-corrected chi connectivity index (χ3v) is 7.55. The molecule has 3 N–H and O–H groups in total. The molecule has 194 valence electrons. The van der Waals surface area contributed by atoms with Crippen molar-refractivity contribution in [3.05, 3.63) is 74.7 Å². The number of aromatic nitrogens is 3. The summed E-state index contributed by atoms with van der Waals surface area (Å²) in [7, 11) is 1.62. The molecule has 2 fully saturated rings. The van der Waals surface area contributed by atoms with Crippen LogP contribution in [0, 0.1) is 18.8 Å². The first kappa shape index (κ1) is 24.6. The van der Waals surface area contributed by atoms with Crippen molar-refractivity contribution in [3.63, 3.8) is 0 Å². The van der Waals surface area contributed by atoms with E-state index in [2.05, 4.69) is 15.3 Å². The number of amides is 2. The fourth-order valence-corrected chi connectivity index (χ4v) is 5.62. The van der Waals surface area contributed by atoms with Gasteiger partial charge in [-0.05, 0) is 43.9 Å². The second-order valence-electron chi connectivity index (χ2n) is 9.97. The summed E-state index contributed by atoms with van der Waals surface area (Å²) in [6.45, 7) is 2.66. The van der Waals surface area contributed by atoms with Gasteiger partial charge in [0.2, 0.25) is 5.91 Å². The number of carbonyl (C=O) groups is 2. The van der Waals surface area contributed by atoms with E-state index in [1.54, 1.807) is 20.2 Å². The molecule has 2 amide bonds. The molecule has 2 aliphatic rings. The van der Waals surface area contributed by atoms with Gasteiger partial charge in [0.15, 0.2) is 0 Å². The van der Waals surface area contributed by atoms with Crippen LogP contribution >= 0.6 is 0 Å². The van der Waals surface area contributed by atoms with Crippen molar-refractivity contribution in [3.8, 4) is 17.0 Å². The number of likely N-dealkylation sites (tertiary alicyclic amines) is 1. The van der Waals surface area contributed by atoms with Gasteiger partial charge >= 0.3 is 5.69 Å². The van der Waals surface area contributed by atoms with Crippen molar-refractivity contribution in [2.24, 2.45) is 11.8 Å². The first-order valence-corrected chi connectivity index (χ1v) is 12.5. The zero-order valence-corrected chi connectivity index (χ0v) is 21.0. The Morgan fingerprint density at radius 2 is 2.00 bits per heavy atom. The smallest absolute Gasteiger partial charge is 0.328 e. The highest BCUT2D eigenvalue weighted by atomic mass is 16.5. The summed E-state index contributed by atoms with van der Waals surface area (Å²) in [6, 6.07) is 9.46. The van der Waals surface area contributed by atoms with Gasteiger partial charge in [-0.3, -0.25) is 23.9 Å². The number of benzene rings is 1. The number of hydrogen-bond donors (Lipinski definition) is 3. The van der Waals surface area contributed by atoms with Crippen LogP contribution in [0.1, 0.15) is 35.2 Å². The minimum Gasteiger partial charge on any atom is -0.497 e. The Bertz CT molecular complexity index is 1440. The number of aryl methyl sites for hydroxylation is 1. The van der Waals surface area contributed by atoms with Crippen molar-refractivity contribution in [2.75, 3.05) is 20.2 Å². The summed E-state index contributed by atoms with van der Waals surface area (Å²) in [5.74, 6) is 0.917. The molecule has 0 radical (unpaired) electrons. The third kappa shape index (κ3) is 5.09. The van der Waals surface area contributed by atoms with E-state index in [0.717, 1.165) is 36.3 Å². The molecule has 5 rings (SSSR count). The third-order valence-electron chi connectivity index (χ3n) is 7.55. The van der Waals surface area contributed by atoms with E-state index in [1.165, 1.54) is 10.8 Å². The summed E-state index contributed by atoms with van der Waals surface area (Å²) >= 11 is 0. The minimum absolute atomic E-state index is 0.0276. The molecule has 1 aliphatic carbocycles. The Morgan fingerprint density at radius 1 is 1.16 bits per heavy atom. The van der Waals surface area contributed by atoms with Gasteiger partial charge in [-0.2, -0.15) is 0 Å². The van der Waals surface area contributed by atoms with Gasteiger partial charge in [0, 0.05) is 54.3 Å². The molecule has 10 heteroatoms. The van der Waals surface area contributed by atoms with Gasteiger partial charge in [-0.1, -0.05) is 18.6 Å². The number of aromatic amines is 2. The lowest BCUT2D eigenvalue weighted by Gasteiger charge is -2.33. The van der Waals surface area contributed by atoms with Crippen LogP contribution < -0.4 is 21.3 Å². The molecule has 37 heavy (non-hydrogen) atoms. The molecule has 3 heterocycles. The number of rotatable bonds is 6. The second kappa shape index (κ2) is 10.1. The van der Waals surface area contributed by atoms with Crippen LogP contribution in [-0.2, 0) is 11.3 Å². The molecule has 1 saturated carbocycles. The maximum atomic E-state index is 13.4. The van der Waals surface area contributed by atoms with Gasteiger partial charge in [-0.15, -0.1) is 0 Å². The number of hydrogen-bond acceptors (Lipinski definition) is 5. The maximum Gasteiger partial charge on any atom is 0.328 e. The predicted octanol–water partition coefficient (Wildman–Crippen LogP) is 1.91. The maximum absolute atomic E-state index is 13.4. The van der Waals surface area contributed by atoms with Crippen LogP contribution in [0.2, 0.25) is 0 Å². The highest BCUT2D eigenvalue weighted by molar-refractivity contribution is 5.95. The Hall–Kier alpha value is -4.08. The van der Waals surface area contributed by atoms with Crippen LogP contribution in [0.3, 0.4) is 0 Å². The Morgan fingerprint density at radius 3 is 2.81 bits per heavy atom. The molecule has 1 saturated heterocycles. The van der Waals surface area contributed by atoms with Crippen LogP contribution in [0.5, 0.6) is 5.75 Å².